The molecule has 1 amide bonds. The maximum atomic E-state index is 13.3. The van der Waals surface area contributed by atoms with Crippen molar-refractivity contribution in [2.24, 2.45) is 0 Å². The van der Waals surface area contributed by atoms with Gasteiger partial charge in [-0.25, -0.2) is 0 Å². The summed E-state index contributed by atoms with van der Waals surface area (Å²) in [6.45, 7) is 14.8. The predicted octanol–water partition coefficient (Wildman–Crippen LogP) is 8.20. The number of rotatable bonds is 14. The SMILES string of the molecule is CCC[CH2][Sn]([CH2]CCC)([CH2]CCC)/[C](=C\[Si](C)(C)C)N1C(=O)OCC1Cc1ccccc1. The molecule has 1 atom stereocenters. The Labute approximate surface area is 202 Å². The van der Waals surface area contributed by atoms with E-state index >= 15 is 0 Å². The van der Waals surface area contributed by atoms with E-state index < -0.39 is 26.5 Å². The molecular formula is C27H47NO2SiSn. The van der Waals surface area contributed by atoms with Gasteiger partial charge in [-0.3, -0.25) is 0 Å². The van der Waals surface area contributed by atoms with Gasteiger partial charge in [0.1, 0.15) is 0 Å². The van der Waals surface area contributed by atoms with Crippen LogP contribution < -0.4 is 0 Å². The van der Waals surface area contributed by atoms with Crippen LogP contribution in [0.1, 0.15) is 64.9 Å². The second kappa shape index (κ2) is 13.2. The van der Waals surface area contributed by atoms with Gasteiger partial charge in [0.2, 0.25) is 0 Å². The Balaban J connectivity index is 2.55. The summed E-state index contributed by atoms with van der Waals surface area (Å²) in [4.78, 5) is 15.5. The van der Waals surface area contributed by atoms with Crippen LogP contribution in [0.15, 0.2) is 39.7 Å². The van der Waals surface area contributed by atoms with E-state index in [1.54, 1.807) is 0 Å². The van der Waals surface area contributed by atoms with Crippen LogP contribution in [-0.4, -0.2) is 50.1 Å². The van der Waals surface area contributed by atoms with Gasteiger partial charge in [0.15, 0.2) is 0 Å². The van der Waals surface area contributed by atoms with Crippen LogP contribution in [0.3, 0.4) is 0 Å². The molecule has 1 aliphatic heterocycles. The van der Waals surface area contributed by atoms with E-state index in [9.17, 15) is 4.79 Å². The van der Waals surface area contributed by atoms with Gasteiger partial charge in [-0.05, 0) is 0 Å². The third kappa shape index (κ3) is 7.93. The van der Waals surface area contributed by atoms with Gasteiger partial charge in [-0.2, -0.15) is 0 Å². The molecule has 1 aromatic rings. The second-order valence-corrected chi connectivity index (χ2v) is 28.8. The Hall–Kier alpha value is -0.754. The topological polar surface area (TPSA) is 29.5 Å². The van der Waals surface area contributed by atoms with Gasteiger partial charge < -0.3 is 0 Å². The number of carbonyl (C=O) groups excluding carboxylic acids is 1. The fraction of sp³-hybridized carbons (Fsp3) is 0.667. The quantitative estimate of drug-likeness (QED) is 0.213. The number of ether oxygens (including phenoxy) is 1. The molecular weight excluding hydrogens is 517 g/mol. The molecule has 180 valence electrons. The van der Waals surface area contributed by atoms with Crippen molar-refractivity contribution in [3.05, 3.63) is 45.3 Å². The Bertz CT molecular complexity index is 707. The molecule has 0 aliphatic carbocycles. The van der Waals surface area contributed by atoms with Crippen LogP contribution >= 0.6 is 0 Å². The van der Waals surface area contributed by atoms with Crippen molar-refractivity contribution in [2.75, 3.05) is 6.61 Å². The van der Waals surface area contributed by atoms with Crippen molar-refractivity contribution < 1.29 is 9.53 Å². The molecule has 0 bridgehead atoms. The standard InChI is InChI=1S/C15H20NO2Si.3C4H9.Sn/c1-19(2,3)10-9-16-14(12-18-15(16)17)11-13-7-5-4-6-8-13;3*1-3-4-2;/h4-8,10,14H,11-12H2,1-3H3;3*1,3-4H2,2H3;. The molecule has 1 aliphatic rings. The molecule has 1 unspecified atom stereocenters. The van der Waals surface area contributed by atoms with Gasteiger partial charge in [0, 0.05) is 0 Å². The summed E-state index contributed by atoms with van der Waals surface area (Å²) in [6.07, 6.45) is 8.45. The summed E-state index contributed by atoms with van der Waals surface area (Å²) in [5, 5.41) is 0. The fourth-order valence-electron chi connectivity index (χ4n) is 4.99. The van der Waals surface area contributed by atoms with Crippen molar-refractivity contribution in [1.29, 1.82) is 0 Å². The number of hydrogen-bond donors (Lipinski definition) is 0. The summed E-state index contributed by atoms with van der Waals surface area (Å²) >= 11 is -2.82. The molecule has 3 nitrogen and oxygen atoms in total. The van der Waals surface area contributed by atoms with E-state index in [-0.39, 0.29) is 12.1 Å². The Morgan fingerprint density at radius 1 is 1.00 bits per heavy atom. The van der Waals surface area contributed by atoms with Crippen molar-refractivity contribution in [3.63, 3.8) is 0 Å². The van der Waals surface area contributed by atoms with Crippen molar-refractivity contribution in [2.45, 2.75) is 105 Å². The van der Waals surface area contributed by atoms with Crippen LogP contribution in [0.5, 0.6) is 0 Å². The zero-order valence-corrected chi connectivity index (χ0v) is 25.4. The number of cyclic esters (lactones) is 1. The van der Waals surface area contributed by atoms with E-state index in [4.69, 9.17) is 4.74 Å². The Kier molecular flexibility index (Phi) is 11.4. The van der Waals surface area contributed by atoms with Gasteiger partial charge in [-0.1, -0.05) is 0 Å². The molecule has 0 N–H and O–H groups in total. The number of amides is 1. The first-order valence-corrected chi connectivity index (χ1v) is 24.1. The molecule has 1 aromatic carbocycles. The van der Waals surface area contributed by atoms with Gasteiger partial charge in [0.05, 0.1) is 0 Å². The van der Waals surface area contributed by atoms with Crippen LogP contribution in [0, 0.1) is 0 Å². The van der Waals surface area contributed by atoms with Crippen LogP contribution in [0.25, 0.3) is 0 Å². The van der Waals surface area contributed by atoms with Crippen LogP contribution in [0.2, 0.25) is 33.0 Å². The summed E-state index contributed by atoms with van der Waals surface area (Å²) in [5.41, 5.74) is 3.93. The fourth-order valence-corrected chi connectivity index (χ4v) is 28.0. The van der Waals surface area contributed by atoms with Crippen LogP contribution in [-0.2, 0) is 11.2 Å². The van der Waals surface area contributed by atoms with Crippen molar-refractivity contribution in [1.82, 2.24) is 4.90 Å². The summed E-state index contributed by atoms with van der Waals surface area (Å²) in [5.74, 6) is 0. The van der Waals surface area contributed by atoms with Gasteiger partial charge >= 0.3 is 204 Å². The number of nitrogens with zero attached hydrogens (tertiary/aromatic N) is 1. The first kappa shape index (κ1) is 27.5. The normalized spacial score (nSPS) is 17.7. The van der Waals surface area contributed by atoms with E-state index in [0.29, 0.717) is 6.61 Å². The molecule has 0 radical (unpaired) electrons. The molecule has 1 heterocycles. The second-order valence-electron chi connectivity index (χ2n) is 10.8. The van der Waals surface area contributed by atoms with Crippen molar-refractivity contribution >= 4 is 32.5 Å². The van der Waals surface area contributed by atoms with E-state index in [2.05, 4.69) is 81.3 Å². The molecule has 2 rings (SSSR count). The Morgan fingerprint density at radius 3 is 2.00 bits per heavy atom. The third-order valence-corrected chi connectivity index (χ3v) is 24.1. The van der Waals surface area contributed by atoms with Gasteiger partial charge in [0.25, 0.3) is 0 Å². The molecule has 0 spiro atoms. The van der Waals surface area contributed by atoms with E-state index in [1.165, 1.54) is 61.1 Å². The molecule has 32 heavy (non-hydrogen) atoms. The minimum absolute atomic E-state index is 0.0824. The van der Waals surface area contributed by atoms with E-state index in [1.807, 2.05) is 0 Å². The average molecular weight is 564 g/mol. The number of hydrogen-bond acceptors (Lipinski definition) is 2. The molecule has 1 fully saturated rings. The number of carbonyl (C=O) groups is 1. The Morgan fingerprint density at radius 2 is 1.53 bits per heavy atom. The number of benzene rings is 1. The van der Waals surface area contributed by atoms with E-state index in [0.717, 1.165) is 6.42 Å². The summed E-state index contributed by atoms with van der Waals surface area (Å²) < 4.78 is 11.4. The molecule has 0 aromatic heterocycles. The molecule has 1 saturated heterocycles. The predicted molar refractivity (Wildman–Crippen MR) is 143 cm³/mol. The summed E-state index contributed by atoms with van der Waals surface area (Å²) in [7, 11) is -1.53. The van der Waals surface area contributed by atoms with Crippen LogP contribution in [0.4, 0.5) is 4.79 Å². The summed E-state index contributed by atoms with van der Waals surface area (Å²) in [6, 6.07) is 10.8. The molecule has 0 saturated carbocycles. The first-order valence-electron chi connectivity index (χ1n) is 13.0. The molecule has 5 heteroatoms. The third-order valence-electron chi connectivity index (χ3n) is 6.67. The zero-order chi connectivity index (χ0) is 23.6. The number of unbranched alkanes of at least 4 members (excludes halogenated alkanes) is 3. The van der Waals surface area contributed by atoms with Crippen molar-refractivity contribution in [3.8, 4) is 0 Å². The zero-order valence-electron chi connectivity index (χ0n) is 21.6. The monoisotopic (exact) mass is 565 g/mol. The average Bonchev–Trinajstić information content (AvgIpc) is 3.11. The minimum atomic E-state index is -2.82. The first-order chi connectivity index (χ1) is 15.3. The maximum absolute atomic E-state index is 13.3. The van der Waals surface area contributed by atoms with Gasteiger partial charge in [-0.15, -0.1) is 0 Å².